The highest BCUT2D eigenvalue weighted by Gasteiger charge is 2.72. The maximum Gasteiger partial charge on any atom is 0.240 e. The first-order valence-electron chi connectivity index (χ1n) is 11.5. The topological polar surface area (TPSA) is 62.2 Å². The fourth-order valence-corrected chi connectivity index (χ4v) is 6.40. The number of carbonyl (C=O) groups excluding carboxylic acids is 2. The van der Waals surface area contributed by atoms with Crippen LogP contribution in [0.25, 0.3) is 0 Å². The molecule has 4 heterocycles. The summed E-state index contributed by atoms with van der Waals surface area (Å²) in [5.41, 5.74) is 2.81. The Bertz CT molecular complexity index is 1400. The Labute approximate surface area is 205 Å². The molecule has 174 valence electrons. The largest absolute Gasteiger partial charge is 0.370 e. The third-order valence-electron chi connectivity index (χ3n) is 7.55. The van der Waals surface area contributed by atoms with E-state index in [0.29, 0.717) is 10.7 Å². The molecule has 2 amide bonds. The van der Waals surface area contributed by atoms with Gasteiger partial charge in [-0.25, -0.2) is 9.29 Å². The molecule has 4 aliphatic rings. The minimum absolute atomic E-state index is 0.230. The molecule has 3 fully saturated rings. The molecular formula is C27H19ClFN3O3. The van der Waals surface area contributed by atoms with E-state index in [9.17, 15) is 14.0 Å². The summed E-state index contributed by atoms with van der Waals surface area (Å²) >= 11 is 6.57. The van der Waals surface area contributed by atoms with Crippen molar-refractivity contribution in [2.24, 2.45) is 22.9 Å². The number of carbonyl (C=O) groups is 2. The van der Waals surface area contributed by atoms with Crippen molar-refractivity contribution in [3.8, 4) is 0 Å². The van der Waals surface area contributed by atoms with Gasteiger partial charge in [-0.1, -0.05) is 48.0 Å². The molecule has 6 atom stereocenters. The minimum atomic E-state index is -0.623. The third kappa shape index (κ3) is 2.82. The first-order valence-corrected chi connectivity index (χ1v) is 11.9. The van der Waals surface area contributed by atoms with Crippen LogP contribution in [0.4, 0.5) is 15.8 Å². The average molecular weight is 488 g/mol. The van der Waals surface area contributed by atoms with Crippen molar-refractivity contribution < 1.29 is 18.7 Å². The predicted octanol–water partition coefficient (Wildman–Crippen LogP) is 4.28. The van der Waals surface area contributed by atoms with Crippen LogP contribution in [0.3, 0.4) is 0 Å². The smallest absolute Gasteiger partial charge is 0.240 e. The van der Waals surface area contributed by atoms with Gasteiger partial charge in [-0.05, 0) is 42.5 Å². The van der Waals surface area contributed by atoms with E-state index >= 15 is 0 Å². The number of rotatable bonds is 3. The van der Waals surface area contributed by atoms with Crippen LogP contribution in [0.2, 0.25) is 5.02 Å². The summed E-state index contributed by atoms with van der Waals surface area (Å²) in [6.45, 7) is 0. The maximum absolute atomic E-state index is 13.6. The fourth-order valence-electron chi connectivity index (χ4n) is 6.17. The molecular weight excluding hydrogens is 469 g/mol. The summed E-state index contributed by atoms with van der Waals surface area (Å²) in [5.74, 6) is -2.52. The summed E-state index contributed by atoms with van der Waals surface area (Å²) in [7, 11) is 0. The summed E-state index contributed by atoms with van der Waals surface area (Å²) in [4.78, 5) is 28.3. The fraction of sp³-hybridized carbons (Fsp3) is 0.222. The van der Waals surface area contributed by atoms with Gasteiger partial charge in [0.25, 0.3) is 0 Å². The maximum atomic E-state index is 13.6. The lowest BCUT2D eigenvalue weighted by Crippen LogP contribution is -2.50. The Hall–Kier alpha value is -3.55. The normalized spacial score (nSPS) is 30.6. The minimum Gasteiger partial charge on any atom is -0.370 e. The van der Waals surface area contributed by atoms with Crippen LogP contribution >= 0.6 is 11.6 Å². The number of amides is 2. The number of fused-ring (bicyclic) bond motifs is 8. The van der Waals surface area contributed by atoms with Crippen molar-refractivity contribution in [2.45, 2.75) is 18.2 Å². The highest BCUT2D eigenvalue weighted by molar-refractivity contribution is 6.34. The number of imide groups is 1. The summed E-state index contributed by atoms with van der Waals surface area (Å²) < 4.78 is 19.9. The number of ether oxygens (including phenoxy) is 1. The first-order chi connectivity index (χ1) is 17.0. The van der Waals surface area contributed by atoms with Gasteiger partial charge in [0.2, 0.25) is 11.8 Å². The molecule has 3 saturated heterocycles. The number of hydrogen-bond acceptors (Lipinski definition) is 5. The molecule has 6 nitrogen and oxygen atoms in total. The van der Waals surface area contributed by atoms with Crippen LogP contribution in [-0.2, 0) is 14.3 Å². The molecule has 2 bridgehead atoms. The van der Waals surface area contributed by atoms with Crippen molar-refractivity contribution >= 4 is 40.5 Å². The van der Waals surface area contributed by atoms with Gasteiger partial charge in [-0.3, -0.25) is 14.6 Å². The Kier molecular flexibility index (Phi) is 4.44. The zero-order chi connectivity index (χ0) is 23.8. The lowest BCUT2D eigenvalue weighted by molar-refractivity contribution is -0.125. The van der Waals surface area contributed by atoms with Crippen molar-refractivity contribution in [1.29, 1.82) is 0 Å². The quantitative estimate of drug-likeness (QED) is 0.517. The van der Waals surface area contributed by atoms with Crippen molar-refractivity contribution in [1.82, 2.24) is 0 Å². The van der Waals surface area contributed by atoms with E-state index in [1.807, 2.05) is 59.6 Å². The van der Waals surface area contributed by atoms with E-state index in [2.05, 4.69) is 0 Å². The zero-order valence-corrected chi connectivity index (χ0v) is 19.0. The van der Waals surface area contributed by atoms with Crippen LogP contribution in [0.5, 0.6) is 0 Å². The molecule has 8 heteroatoms. The van der Waals surface area contributed by atoms with Crippen LogP contribution < -0.4 is 9.91 Å². The Balaban J connectivity index is 1.33. The van der Waals surface area contributed by atoms with Gasteiger partial charge >= 0.3 is 0 Å². The number of anilines is 2. The molecule has 0 radical (unpaired) electrons. The number of hydrazone groups is 1. The van der Waals surface area contributed by atoms with Crippen molar-refractivity contribution in [3.05, 3.63) is 95.3 Å². The molecule has 3 aromatic rings. The van der Waals surface area contributed by atoms with Gasteiger partial charge in [0.15, 0.2) is 0 Å². The van der Waals surface area contributed by atoms with E-state index in [0.717, 1.165) is 17.0 Å². The molecule has 0 saturated carbocycles. The number of para-hydroxylation sites is 1. The molecule has 0 aliphatic carbocycles. The molecule has 0 spiro atoms. The number of halogens is 2. The molecule has 7 rings (SSSR count). The van der Waals surface area contributed by atoms with Gasteiger partial charge in [0, 0.05) is 10.6 Å². The van der Waals surface area contributed by atoms with E-state index in [1.54, 1.807) is 0 Å². The average Bonchev–Trinajstić information content (AvgIpc) is 3.60. The molecule has 4 aliphatic heterocycles. The molecule has 3 aromatic carbocycles. The van der Waals surface area contributed by atoms with E-state index in [4.69, 9.17) is 21.4 Å². The van der Waals surface area contributed by atoms with Gasteiger partial charge in [-0.15, -0.1) is 0 Å². The van der Waals surface area contributed by atoms with Gasteiger partial charge in [-0.2, -0.15) is 5.10 Å². The molecule has 0 aromatic heterocycles. The Morgan fingerprint density at radius 2 is 1.43 bits per heavy atom. The van der Waals surface area contributed by atoms with Crippen LogP contribution in [0, 0.1) is 23.6 Å². The number of hydrogen-bond donors (Lipinski definition) is 0. The third-order valence-corrected chi connectivity index (χ3v) is 7.88. The molecule has 35 heavy (non-hydrogen) atoms. The van der Waals surface area contributed by atoms with Crippen LogP contribution in [0.1, 0.15) is 5.56 Å². The van der Waals surface area contributed by atoms with Crippen LogP contribution in [-0.4, -0.2) is 35.8 Å². The predicted molar refractivity (Wildman–Crippen MR) is 129 cm³/mol. The summed E-state index contributed by atoms with van der Waals surface area (Å²) in [6.07, 6.45) is -1.03. The first kappa shape index (κ1) is 20.8. The lowest BCUT2D eigenvalue weighted by Gasteiger charge is -2.32. The second-order valence-corrected chi connectivity index (χ2v) is 9.67. The monoisotopic (exact) mass is 487 g/mol. The van der Waals surface area contributed by atoms with Crippen molar-refractivity contribution in [3.63, 3.8) is 0 Å². The molecule has 6 unspecified atom stereocenters. The van der Waals surface area contributed by atoms with Gasteiger partial charge in [0.05, 0.1) is 53.1 Å². The highest BCUT2D eigenvalue weighted by atomic mass is 35.5. The number of nitrogens with zero attached hydrogens (tertiary/aromatic N) is 3. The summed E-state index contributed by atoms with van der Waals surface area (Å²) in [6, 6.07) is 22.4. The second-order valence-electron chi connectivity index (χ2n) is 9.27. The van der Waals surface area contributed by atoms with Gasteiger partial charge in [0.1, 0.15) is 5.82 Å². The summed E-state index contributed by atoms with van der Waals surface area (Å²) in [5, 5.41) is 7.48. The Morgan fingerprint density at radius 3 is 2.14 bits per heavy atom. The molecule has 0 N–H and O–H groups in total. The van der Waals surface area contributed by atoms with E-state index < -0.39 is 29.9 Å². The van der Waals surface area contributed by atoms with Gasteiger partial charge < -0.3 is 4.74 Å². The van der Waals surface area contributed by atoms with E-state index in [1.165, 1.54) is 29.2 Å². The second kappa shape index (κ2) is 7.47. The zero-order valence-electron chi connectivity index (χ0n) is 18.3. The lowest BCUT2D eigenvalue weighted by atomic mass is 9.70. The number of benzene rings is 3. The standard InChI is InChI=1S/C27H19ClFN3O3/c28-18-9-5-4-8-17(18)22-21-23(32(30-22)16-6-2-1-3-7-16)25-20-19(24(21)35-25)26(33)31(27(20)34)15-12-10-14(29)11-13-15/h1-13,19-21,23-25H. The van der Waals surface area contributed by atoms with E-state index in [-0.39, 0.29) is 23.8 Å². The van der Waals surface area contributed by atoms with Crippen molar-refractivity contribution in [2.75, 3.05) is 9.91 Å². The van der Waals surface area contributed by atoms with Crippen LogP contribution in [0.15, 0.2) is 84.0 Å². The Morgan fingerprint density at radius 1 is 0.771 bits per heavy atom. The SMILES string of the molecule is O=C1C2C3OC(C2C(=O)N1c1ccc(F)cc1)C1C3C(c2ccccc2Cl)=NN1c1ccccc1. The highest BCUT2D eigenvalue weighted by Crippen LogP contribution is 2.56.